The van der Waals surface area contributed by atoms with Gasteiger partial charge in [0.2, 0.25) is 0 Å². The Hall–Kier alpha value is -2.00. The maximum Gasteiger partial charge on any atom is 0.0805 e. The van der Waals surface area contributed by atoms with Crippen LogP contribution in [0.5, 0.6) is 0 Å². The summed E-state index contributed by atoms with van der Waals surface area (Å²) in [6.07, 6.45) is 0.251. The summed E-state index contributed by atoms with van der Waals surface area (Å²) in [6, 6.07) is 19.1. The van der Waals surface area contributed by atoms with Crippen molar-refractivity contribution in [2.45, 2.75) is 18.3 Å². The van der Waals surface area contributed by atoms with Crippen LogP contribution in [0, 0.1) is 22.7 Å². The van der Waals surface area contributed by atoms with Crippen LogP contribution in [0.2, 0.25) is 10.0 Å². The van der Waals surface area contributed by atoms with E-state index in [1.165, 1.54) is 0 Å². The van der Waals surface area contributed by atoms with Gasteiger partial charge in [-0.2, -0.15) is 10.5 Å². The highest BCUT2D eigenvalue weighted by molar-refractivity contribution is 6.35. The molecule has 0 aromatic heterocycles. The molecule has 0 radical (unpaired) electrons. The van der Waals surface area contributed by atoms with Crippen molar-refractivity contribution < 1.29 is 0 Å². The highest BCUT2D eigenvalue weighted by Gasteiger charge is 2.26. The molecule has 0 aliphatic heterocycles. The molecule has 2 nitrogen and oxygen atoms in total. The fourth-order valence-electron chi connectivity index (χ4n) is 2.36. The number of nitriles is 2. The van der Waals surface area contributed by atoms with E-state index >= 15 is 0 Å². The maximum absolute atomic E-state index is 9.58. The summed E-state index contributed by atoms with van der Waals surface area (Å²) in [5.74, 6) is -0.711. The Bertz CT molecular complexity index is 699. The summed E-state index contributed by atoms with van der Waals surface area (Å²) in [4.78, 5) is 0. The SMILES string of the molecule is N#CCC(c1ccccc1)C(C#N)c1ccc(Cl)cc1Cl. The minimum Gasteiger partial charge on any atom is -0.198 e. The predicted molar refractivity (Wildman–Crippen MR) is 84.2 cm³/mol. The molecule has 0 aliphatic rings. The van der Waals surface area contributed by atoms with E-state index in [-0.39, 0.29) is 12.3 Å². The van der Waals surface area contributed by atoms with E-state index < -0.39 is 5.92 Å². The van der Waals surface area contributed by atoms with Gasteiger partial charge in [0.25, 0.3) is 0 Å². The monoisotopic (exact) mass is 314 g/mol. The topological polar surface area (TPSA) is 47.6 Å². The lowest BCUT2D eigenvalue weighted by molar-refractivity contribution is 0.641. The summed E-state index contributed by atoms with van der Waals surface area (Å²) in [7, 11) is 0. The number of hydrogen-bond donors (Lipinski definition) is 0. The standard InChI is InChI=1S/C17H12Cl2N2/c18-13-6-7-15(17(19)10-13)16(11-21)14(8-9-20)12-4-2-1-3-5-12/h1-7,10,14,16H,8H2. The molecule has 2 rings (SSSR count). The third-order valence-electron chi connectivity index (χ3n) is 3.38. The minimum absolute atomic E-state index is 0.222. The van der Waals surface area contributed by atoms with E-state index in [1.54, 1.807) is 18.2 Å². The van der Waals surface area contributed by atoms with Crippen LogP contribution < -0.4 is 0 Å². The van der Waals surface area contributed by atoms with Crippen molar-refractivity contribution in [3.8, 4) is 12.1 Å². The van der Waals surface area contributed by atoms with Crippen LogP contribution in [-0.4, -0.2) is 0 Å². The molecular weight excluding hydrogens is 303 g/mol. The van der Waals surface area contributed by atoms with Gasteiger partial charge in [0, 0.05) is 22.4 Å². The van der Waals surface area contributed by atoms with Gasteiger partial charge in [0.1, 0.15) is 0 Å². The first-order chi connectivity index (χ1) is 10.2. The van der Waals surface area contributed by atoms with Crippen LogP contribution in [0.3, 0.4) is 0 Å². The maximum atomic E-state index is 9.58. The molecule has 0 saturated carbocycles. The second-order valence-corrected chi connectivity index (χ2v) is 5.50. The Labute approximate surface area is 134 Å². The molecule has 21 heavy (non-hydrogen) atoms. The van der Waals surface area contributed by atoms with Crippen LogP contribution in [0.4, 0.5) is 0 Å². The van der Waals surface area contributed by atoms with Gasteiger partial charge in [-0.05, 0) is 23.3 Å². The van der Waals surface area contributed by atoms with Gasteiger partial charge in [-0.15, -0.1) is 0 Å². The second-order valence-electron chi connectivity index (χ2n) is 4.65. The Balaban J connectivity index is 2.47. The summed E-state index contributed by atoms with van der Waals surface area (Å²) >= 11 is 12.1. The molecule has 0 N–H and O–H groups in total. The first-order valence-corrected chi connectivity index (χ1v) is 7.19. The molecule has 2 unspecified atom stereocenters. The van der Waals surface area contributed by atoms with Gasteiger partial charge < -0.3 is 0 Å². The Morgan fingerprint density at radius 3 is 2.29 bits per heavy atom. The van der Waals surface area contributed by atoms with Crippen molar-refractivity contribution in [3.05, 3.63) is 69.7 Å². The van der Waals surface area contributed by atoms with Crippen molar-refractivity contribution in [1.29, 1.82) is 10.5 Å². The van der Waals surface area contributed by atoms with Crippen molar-refractivity contribution in [3.63, 3.8) is 0 Å². The number of nitrogens with zero attached hydrogens (tertiary/aromatic N) is 2. The first kappa shape index (κ1) is 15.4. The largest absolute Gasteiger partial charge is 0.198 e. The minimum atomic E-state index is -0.489. The lowest BCUT2D eigenvalue weighted by atomic mass is 9.80. The van der Waals surface area contributed by atoms with Crippen molar-refractivity contribution in [2.24, 2.45) is 0 Å². The molecule has 0 amide bonds. The fraction of sp³-hybridized carbons (Fsp3) is 0.176. The second kappa shape index (κ2) is 7.14. The Kier molecular flexibility index (Phi) is 5.23. The van der Waals surface area contributed by atoms with Gasteiger partial charge in [-0.25, -0.2) is 0 Å². The lowest BCUT2D eigenvalue weighted by Crippen LogP contribution is -2.10. The Morgan fingerprint density at radius 2 is 1.71 bits per heavy atom. The molecule has 2 aromatic rings. The quantitative estimate of drug-likeness (QED) is 0.769. The van der Waals surface area contributed by atoms with E-state index in [1.807, 2.05) is 30.3 Å². The van der Waals surface area contributed by atoms with Gasteiger partial charge in [-0.3, -0.25) is 0 Å². The predicted octanol–water partition coefficient (Wildman–Crippen LogP) is 5.30. The number of halogens is 2. The third-order valence-corrected chi connectivity index (χ3v) is 3.94. The molecule has 104 valence electrons. The average Bonchev–Trinajstić information content (AvgIpc) is 2.50. The zero-order valence-corrected chi connectivity index (χ0v) is 12.6. The van der Waals surface area contributed by atoms with Crippen LogP contribution >= 0.6 is 23.2 Å². The van der Waals surface area contributed by atoms with Crippen LogP contribution in [0.1, 0.15) is 29.4 Å². The average molecular weight is 315 g/mol. The number of rotatable bonds is 4. The van der Waals surface area contributed by atoms with E-state index in [2.05, 4.69) is 12.1 Å². The van der Waals surface area contributed by atoms with Crippen LogP contribution in [0.15, 0.2) is 48.5 Å². The highest BCUT2D eigenvalue weighted by Crippen LogP contribution is 2.38. The summed E-state index contributed by atoms with van der Waals surface area (Å²) in [5.41, 5.74) is 1.66. The fourth-order valence-corrected chi connectivity index (χ4v) is 2.88. The van der Waals surface area contributed by atoms with Crippen molar-refractivity contribution in [1.82, 2.24) is 0 Å². The molecular formula is C17H12Cl2N2. The lowest BCUT2D eigenvalue weighted by Gasteiger charge is -2.21. The molecule has 0 spiro atoms. The molecule has 0 heterocycles. The van der Waals surface area contributed by atoms with Crippen LogP contribution in [-0.2, 0) is 0 Å². The summed E-state index contributed by atoms with van der Waals surface area (Å²) < 4.78 is 0. The summed E-state index contributed by atoms with van der Waals surface area (Å²) in [6.45, 7) is 0. The summed E-state index contributed by atoms with van der Waals surface area (Å²) in [5, 5.41) is 19.6. The van der Waals surface area contributed by atoms with E-state index in [0.717, 1.165) is 5.56 Å². The zero-order chi connectivity index (χ0) is 15.2. The van der Waals surface area contributed by atoms with Crippen LogP contribution in [0.25, 0.3) is 0 Å². The number of benzene rings is 2. The molecule has 2 aromatic carbocycles. The van der Waals surface area contributed by atoms with Gasteiger partial charge in [0.15, 0.2) is 0 Å². The normalized spacial score (nSPS) is 13.0. The van der Waals surface area contributed by atoms with E-state index in [0.29, 0.717) is 15.6 Å². The Morgan fingerprint density at radius 1 is 1.00 bits per heavy atom. The highest BCUT2D eigenvalue weighted by atomic mass is 35.5. The zero-order valence-electron chi connectivity index (χ0n) is 11.1. The molecule has 2 atom stereocenters. The van der Waals surface area contributed by atoms with Gasteiger partial charge >= 0.3 is 0 Å². The van der Waals surface area contributed by atoms with Gasteiger partial charge in [0.05, 0.1) is 18.1 Å². The molecule has 0 bridgehead atoms. The first-order valence-electron chi connectivity index (χ1n) is 6.44. The van der Waals surface area contributed by atoms with E-state index in [4.69, 9.17) is 28.5 Å². The molecule has 0 saturated heterocycles. The van der Waals surface area contributed by atoms with Crippen molar-refractivity contribution in [2.75, 3.05) is 0 Å². The van der Waals surface area contributed by atoms with Crippen molar-refractivity contribution >= 4 is 23.2 Å². The molecule has 0 aliphatic carbocycles. The smallest absolute Gasteiger partial charge is 0.0805 e. The number of hydrogen-bond acceptors (Lipinski definition) is 2. The van der Waals surface area contributed by atoms with Gasteiger partial charge in [-0.1, -0.05) is 59.6 Å². The molecule has 0 fully saturated rings. The third kappa shape index (κ3) is 3.56. The van der Waals surface area contributed by atoms with E-state index in [9.17, 15) is 5.26 Å². The molecule has 4 heteroatoms.